The van der Waals surface area contributed by atoms with E-state index in [4.69, 9.17) is 4.84 Å². The van der Waals surface area contributed by atoms with Gasteiger partial charge in [-0.3, -0.25) is 9.63 Å². The SMILES string of the molecule is CCCCCCON(C)C=O. The predicted molar refractivity (Wildman–Crippen MR) is 43.9 cm³/mol. The lowest BCUT2D eigenvalue weighted by Crippen LogP contribution is -2.16. The van der Waals surface area contributed by atoms with Crippen LogP contribution in [-0.2, 0) is 9.63 Å². The van der Waals surface area contributed by atoms with Crippen molar-refractivity contribution in [1.29, 1.82) is 0 Å². The van der Waals surface area contributed by atoms with Gasteiger partial charge in [-0.1, -0.05) is 26.2 Å². The van der Waals surface area contributed by atoms with Crippen molar-refractivity contribution in [2.45, 2.75) is 32.6 Å². The van der Waals surface area contributed by atoms with Crippen molar-refractivity contribution in [1.82, 2.24) is 5.06 Å². The maximum absolute atomic E-state index is 10.0. The van der Waals surface area contributed by atoms with Crippen LogP contribution in [0, 0.1) is 0 Å². The van der Waals surface area contributed by atoms with E-state index in [1.54, 1.807) is 7.05 Å². The van der Waals surface area contributed by atoms with Crippen molar-refractivity contribution in [3.05, 3.63) is 0 Å². The van der Waals surface area contributed by atoms with Crippen LogP contribution in [0.25, 0.3) is 0 Å². The smallest absolute Gasteiger partial charge is 0.233 e. The molecule has 3 heteroatoms. The Bertz CT molecular complexity index is 96.1. The number of nitrogens with zero attached hydrogens (tertiary/aromatic N) is 1. The minimum Gasteiger partial charge on any atom is -0.276 e. The van der Waals surface area contributed by atoms with Crippen molar-refractivity contribution in [2.24, 2.45) is 0 Å². The first kappa shape index (κ1) is 10.4. The van der Waals surface area contributed by atoms with E-state index < -0.39 is 0 Å². The quantitative estimate of drug-likeness (QED) is 0.321. The van der Waals surface area contributed by atoms with Crippen LogP contribution in [0.15, 0.2) is 0 Å². The van der Waals surface area contributed by atoms with Gasteiger partial charge in [0.2, 0.25) is 6.41 Å². The average molecular weight is 159 g/mol. The summed E-state index contributed by atoms with van der Waals surface area (Å²) in [7, 11) is 1.60. The van der Waals surface area contributed by atoms with Gasteiger partial charge in [-0.15, -0.1) is 0 Å². The molecule has 0 saturated heterocycles. The summed E-state index contributed by atoms with van der Waals surface area (Å²) in [6.45, 7) is 2.81. The van der Waals surface area contributed by atoms with E-state index in [1.165, 1.54) is 24.3 Å². The zero-order chi connectivity index (χ0) is 8.53. The second-order valence-corrected chi connectivity index (χ2v) is 2.55. The lowest BCUT2D eigenvalue weighted by Gasteiger charge is -2.09. The molecule has 0 spiro atoms. The van der Waals surface area contributed by atoms with Crippen LogP contribution in [-0.4, -0.2) is 25.1 Å². The number of carbonyl (C=O) groups is 1. The van der Waals surface area contributed by atoms with Gasteiger partial charge in [0.25, 0.3) is 0 Å². The Hall–Kier alpha value is -0.570. The van der Waals surface area contributed by atoms with Gasteiger partial charge in [-0.2, -0.15) is 0 Å². The first-order valence-corrected chi connectivity index (χ1v) is 4.12. The van der Waals surface area contributed by atoms with E-state index in [-0.39, 0.29) is 0 Å². The highest BCUT2D eigenvalue weighted by Crippen LogP contribution is 1.98. The summed E-state index contributed by atoms with van der Waals surface area (Å²) >= 11 is 0. The molecule has 3 nitrogen and oxygen atoms in total. The summed E-state index contributed by atoms with van der Waals surface area (Å²) in [6.07, 6.45) is 5.35. The minimum absolute atomic E-state index is 0.648. The standard InChI is InChI=1S/C8H17NO2/c1-3-4-5-6-7-11-9(2)8-10/h8H,3-7H2,1-2H3. The number of rotatable bonds is 7. The average Bonchev–Trinajstić information content (AvgIpc) is 2.04. The third-order valence-electron chi connectivity index (χ3n) is 1.44. The minimum atomic E-state index is 0.648. The summed E-state index contributed by atoms with van der Waals surface area (Å²) in [5, 5.41) is 1.20. The molecule has 11 heavy (non-hydrogen) atoms. The second-order valence-electron chi connectivity index (χ2n) is 2.55. The molecule has 0 fully saturated rings. The highest BCUT2D eigenvalue weighted by molar-refractivity contribution is 5.44. The molecule has 0 aliphatic rings. The Labute approximate surface area is 68.3 Å². The van der Waals surface area contributed by atoms with Gasteiger partial charge in [0, 0.05) is 7.05 Å². The van der Waals surface area contributed by atoms with Crippen LogP contribution < -0.4 is 0 Å². The van der Waals surface area contributed by atoms with E-state index in [0.29, 0.717) is 13.0 Å². The van der Waals surface area contributed by atoms with Crippen LogP contribution >= 0.6 is 0 Å². The van der Waals surface area contributed by atoms with Crippen LogP contribution in [0.3, 0.4) is 0 Å². The van der Waals surface area contributed by atoms with E-state index in [9.17, 15) is 4.79 Å². The molecule has 0 aliphatic heterocycles. The topological polar surface area (TPSA) is 29.5 Å². The van der Waals surface area contributed by atoms with Crippen molar-refractivity contribution < 1.29 is 9.63 Å². The van der Waals surface area contributed by atoms with Crippen molar-refractivity contribution in [2.75, 3.05) is 13.7 Å². The number of amides is 1. The van der Waals surface area contributed by atoms with Gasteiger partial charge >= 0.3 is 0 Å². The second kappa shape index (κ2) is 7.54. The van der Waals surface area contributed by atoms with E-state index in [0.717, 1.165) is 6.42 Å². The van der Waals surface area contributed by atoms with Crippen molar-refractivity contribution in [3.63, 3.8) is 0 Å². The van der Waals surface area contributed by atoms with E-state index >= 15 is 0 Å². The fourth-order valence-corrected chi connectivity index (χ4v) is 0.768. The summed E-state index contributed by atoms with van der Waals surface area (Å²) in [5.74, 6) is 0. The van der Waals surface area contributed by atoms with Gasteiger partial charge in [0.05, 0.1) is 6.61 Å². The molecular formula is C8H17NO2. The molecular weight excluding hydrogens is 142 g/mol. The van der Waals surface area contributed by atoms with Gasteiger partial charge in [-0.25, -0.2) is 5.06 Å². The van der Waals surface area contributed by atoms with Gasteiger partial charge < -0.3 is 0 Å². The number of carbonyl (C=O) groups excluding carboxylic acids is 1. The Morgan fingerprint density at radius 1 is 1.36 bits per heavy atom. The monoisotopic (exact) mass is 159 g/mol. The highest BCUT2D eigenvalue weighted by Gasteiger charge is 1.92. The molecule has 0 aliphatic carbocycles. The lowest BCUT2D eigenvalue weighted by molar-refractivity contribution is -0.163. The summed E-state index contributed by atoms with van der Waals surface area (Å²) in [4.78, 5) is 15.0. The molecule has 0 N–H and O–H groups in total. The first-order valence-electron chi connectivity index (χ1n) is 4.12. The van der Waals surface area contributed by atoms with Gasteiger partial charge in [0.15, 0.2) is 0 Å². The Balaban J connectivity index is 2.95. The normalized spacial score (nSPS) is 9.64. The summed E-state index contributed by atoms with van der Waals surface area (Å²) < 4.78 is 0. The van der Waals surface area contributed by atoms with Gasteiger partial charge in [0.1, 0.15) is 0 Å². The predicted octanol–water partition coefficient (Wildman–Crippen LogP) is 1.59. The highest BCUT2D eigenvalue weighted by atomic mass is 16.7. The Morgan fingerprint density at radius 2 is 2.09 bits per heavy atom. The molecule has 0 aromatic rings. The third-order valence-corrected chi connectivity index (χ3v) is 1.44. The number of hydrogen-bond acceptors (Lipinski definition) is 2. The van der Waals surface area contributed by atoms with Crippen molar-refractivity contribution >= 4 is 6.41 Å². The summed E-state index contributed by atoms with van der Waals surface area (Å²) in [5.41, 5.74) is 0. The molecule has 66 valence electrons. The molecule has 1 amide bonds. The molecule has 0 atom stereocenters. The molecule has 0 bridgehead atoms. The fraction of sp³-hybridized carbons (Fsp3) is 0.875. The zero-order valence-corrected chi connectivity index (χ0v) is 7.38. The van der Waals surface area contributed by atoms with Crippen LogP contribution in [0.4, 0.5) is 0 Å². The summed E-state index contributed by atoms with van der Waals surface area (Å²) in [6, 6.07) is 0. The Kier molecular flexibility index (Phi) is 7.15. The molecule has 0 heterocycles. The molecule has 0 aromatic heterocycles. The van der Waals surface area contributed by atoms with E-state index in [1.807, 2.05) is 0 Å². The molecule has 0 aromatic carbocycles. The maximum Gasteiger partial charge on any atom is 0.233 e. The fourth-order valence-electron chi connectivity index (χ4n) is 0.768. The molecule has 0 rings (SSSR count). The van der Waals surface area contributed by atoms with Crippen molar-refractivity contribution in [3.8, 4) is 0 Å². The van der Waals surface area contributed by atoms with Crippen LogP contribution in [0.2, 0.25) is 0 Å². The maximum atomic E-state index is 10.0. The zero-order valence-electron chi connectivity index (χ0n) is 7.38. The van der Waals surface area contributed by atoms with Crippen LogP contribution in [0.1, 0.15) is 32.6 Å². The molecule has 0 radical (unpaired) electrons. The number of hydroxylamine groups is 2. The van der Waals surface area contributed by atoms with Crippen LogP contribution in [0.5, 0.6) is 0 Å². The first-order chi connectivity index (χ1) is 5.31. The van der Waals surface area contributed by atoms with E-state index in [2.05, 4.69) is 6.92 Å². The largest absolute Gasteiger partial charge is 0.276 e. The number of unbranched alkanes of at least 4 members (excludes halogenated alkanes) is 3. The molecule has 0 unspecified atom stereocenters. The van der Waals surface area contributed by atoms with Gasteiger partial charge in [-0.05, 0) is 6.42 Å². The third kappa shape index (κ3) is 7.33. The number of hydrogen-bond donors (Lipinski definition) is 0. The molecule has 0 saturated carbocycles. The lowest BCUT2D eigenvalue weighted by atomic mass is 10.2. The Morgan fingerprint density at radius 3 is 2.64 bits per heavy atom.